The lowest BCUT2D eigenvalue weighted by atomic mass is 9.97. The summed E-state index contributed by atoms with van der Waals surface area (Å²) >= 11 is 0. The van der Waals surface area contributed by atoms with Crippen molar-refractivity contribution < 1.29 is 14.3 Å². The molecule has 0 saturated heterocycles. The highest BCUT2D eigenvalue weighted by atomic mass is 16.6. The standard InChI is InChI=1S/C14H27NO3/c1-6-7-8-9-12(11(2)10-16)15-13(17)18-14(3,4)5/h10-12H,6-9H2,1-5H3,(H,15,17)/t11-,12+/m0/s1. The molecule has 0 fully saturated rings. The first kappa shape index (κ1) is 16.9. The number of rotatable bonds is 7. The minimum atomic E-state index is -0.511. The van der Waals surface area contributed by atoms with E-state index in [4.69, 9.17) is 4.74 Å². The summed E-state index contributed by atoms with van der Waals surface area (Å²) in [4.78, 5) is 22.5. The van der Waals surface area contributed by atoms with Crippen LogP contribution in [-0.4, -0.2) is 24.0 Å². The van der Waals surface area contributed by atoms with Crippen molar-refractivity contribution in [2.24, 2.45) is 5.92 Å². The lowest BCUT2D eigenvalue weighted by molar-refractivity contribution is -0.111. The first-order chi connectivity index (χ1) is 8.30. The maximum atomic E-state index is 11.7. The van der Waals surface area contributed by atoms with Crippen molar-refractivity contribution in [3.05, 3.63) is 0 Å². The molecule has 1 N–H and O–H groups in total. The normalized spacial score (nSPS) is 14.7. The Hall–Kier alpha value is -1.06. The molecule has 18 heavy (non-hydrogen) atoms. The van der Waals surface area contributed by atoms with Gasteiger partial charge in [0.2, 0.25) is 0 Å². The quantitative estimate of drug-likeness (QED) is 0.562. The zero-order chi connectivity index (χ0) is 14.2. The smallest absolute Gasteiger partial charge is 0.407 e. The monoisotopic (exact) mass is 257 g/mol. The van der Waals surface area contributed by atoms with Gasteiger partial charge in [0, 0.05) is 12.0 Å². The number of aldehydes is 1. The topological polar surface area (TPSA) is 55.4 Å². The van der Waals surface area contributed by atoms with E-state index in [1.54, 1.807) is 0 Å². The summed E-state index contributed by atoms with van der Waals surface area (Å²) in [6, 6.07) is -0.135. The summed E-state index contributed by atoms with van der Waals surface area (Å²) in [7, 11) is 0. The largest absolute Gasteiger partial charge is 0.444 e. The van der Waals surface area contributed by atoms with Crippen molar-refractivity contribution in [3.63, 3.8) is 0 Å². The Labute approximate surface area is 110 Å². The minimum absolute atomic E-state index is 0.135. The van der Waals surface area contributed by atoms with Crippen LogP contribution in [0.15, 0.2) is 0 Å². The molecule has 0 saturated carbocycles. The van der Waals surface area contributed by atoms with Crippen LogP contribution in [0.3, 0.4) is 0 Å². The van der Waals surface area contributed by atoms with Gasteiger partial charge in [-0.15, -0.1) is 0 Å². The lowest BCUT2D eigenvalue weighted by Gasteiger charge is -2.25. The van der Waals surface area contributed by atoms with Gasteiger partial charge in [0.25, 0.3) is 0 Å². The predicted octanol–water partition coefficient (Wildman–Crippen LogP) is 3.30. The molecule has 0 bridgehead atoms. The molecule has 106 valence electrons. The lowest BCUT2D eigenvalue weighted by Crippen LogP contribution is -2.42. The molecule has 4 heteroatoms. The fourth-order valence-corrected chi connectivity index (χ4v) is 1.63. The van der Waals surface area contributed by atoms with Gasteiger partial charge in [-0.05, 0) is 27.2 Å². The zero-order valence-corrected chi connectivity index (χ0v) is 12.3. The molecule has 0 radical (unpaired) electrons. The third-order valence-corrected chi connectivity index (χ3v) is 2.67. The van der Waals surface area contributed by atoms with Gasteiger partial charge in [0.05, 0.1) is 0 Å². The van der Waals surface area contributed by atoms with Gasteiger partial charge in [0.15, 0.2) is 0 Å². The molecule has 4 nitrogen and oxygen atoms in total. The van der Waals surface area contributed by atoms with Crippen LogP contribution in [0.5, 0.6) is 0 Å². The maximum Gasteiger partial charge on any atom is 0.407 e. The average Bonchev–Trinajstić information content (AvgIpc) is 2.24. The van der Waals surface area contributed by atoms with Crippen LogP contribution in [0.2, 0.25) is 0 Å². The molecule has 0 rings (SSSR count). The van der Waals surface area contributed by atoms with Crippen LogP contribution in [-0.2, 0) is 9.53 Å². The molecular formula is C14H27NO3. The van der Waals surface area contributed by atoms with Gasteiger partial charge in [-0.1, -0.05) is 33.1 Å². The molecular weight excluding hydrogens is 230 g/mol. The maximum absolute atomic E-state index is 11.7. The third kappa shape index (κ3) is 8.09. The number of hydrogen-bond donors (Lipinski definition) is 1. The average molecular weight is 257 g/mol. The van der Waals surface area contributed by atoms with Gasteiger partial charge in [-0.25, -0.2) is 4.79 Å². The van der Waals surface area contributed by atoms with Crippen LogP contribution >= 0.6 is 0 Å². The fraction of sp³-hybridized carbons (Fsp3) is 0.857. The molecule has 0 spiro atoms. The number of amides is 1. The summed E-state index contributed by atoms with van der Waals surface area (Å²) in [5, 5.41) is 2.79. The Balaban J connectivity index is 4.30. The Morgan fingerprint density at radius 2 is 1.94 bits per heavy atom. The van der Waals surface area contributed by atoms with Crippen LogP contribution in [0.25, 0.3) is 0 Å². The first-order valence-corrected chi connectivity index (χ1v) is 6.75. The van der Waals surface area contributed by atoms with Gasteiger partial charge in [-0.3, -0.25) is 0 Å². The van der Waals surface area contributed by atoms with Crippen molar-refractivity contribution in [1.82, 2.24) is 5.32 Å². The van der Waals surface area contributed by atoms with Gasteiger partial charge < -0.3 is 14.8 Å². The van der Waals surface area contributed by atoms with E-state index in [1.165, 1.54) is 0 Å². The SMILES string of the molecule is CCCCC[C@@H](NC(=O)OC(C)(C)C)[C@@H](C)C=O. The summed E-state index contributed by atoms with van der Waals surface area (Å²) in [6.07, 6.45) is 4.49. The van der Waals surface area contributed by atoms with E-state index < -0.39 is 11.7 Å². The van der Waals surface area contributed by atoms with Crippen molar-refractivity contribution in [3.8, 4) is 0 Å². The van der Waals surface area contributed by atoms with Gasteiger partial charge in [0.1, 0.15) is 11.9 Å². The fourth-order valence-electron chi connectivity index (χ4n) is 1.63. The third-order valence-electron chi connectivity index (χ3n) is 2.67. The van der Waals surface area contributed by atoms with Crippen LogP contribution in [0.1, 0.15) is 60.3 Å². The van der Waals surface area contributed by atoms with Crippen molar-refractivity contribution in [2.75, 3.05) is 0 Å². The summed E-state index contributed by atoms with van der Waals surface area (Å²) in [5.74, 6) is -0.186. The summed E-state index contributed by atoms with van der Waals surface area (Å²) in [6.45, 7) is 9.41. The van der Waals surface area contributed by atoms with E-state index in [0.717, 1.165) is 32.0 Å². The van der Waals surface area contributed by atoms with E-state index in [1.807, 2.05) is 27.7 Å². The number of nitrogens with one attached hydrogen (secondary N) is 1. The number of unbranched alkanes of at least 4 members (excludes halogenated alkanes) is 2. The minimum Gasteiger partial charge on any atom is -0.444 e. The van der Waals surface area contributed by atoms with Gasteiger partial charge >= 0.3 is 6.09 Å². The second kappa shape index (κ2) is 8.11. The predicted molar refractivity (Wildman–Crippen MR) is 72.5 cm³/mol. The molecule has 2 atom stereocenters. The Morgan fingerprint density at radius 1 is 1.33 bits per heavy atom. The summed E-state index contributed by atoms with van der Waals surface area (Å²) in [5.41, 5.74) is -0.511. The first-order valence-electron chi connectivity index (χ1n) is 6.75. The van der Waals surface area contributed by atoms with Crippen LogP contribution in [0.4, 0.5) is 4.79 Å². The molecule has 0 aromatic rings. The van der Waals surface area contributed by atoms with E-state index >= 15 is 0 Å². The molecule has 0 aliphatic heterocycles. The molecule has 0 aromatic carbocycles. The van der Waals surface area contributed by atoms with E-state index in [0.29, 0.717) is 0 Å². The van der Waals surface area contributed by atoms with E-state index in [-0.39, 0.29) is 12.0 Å². The molecule has 0 heterocycles. The highest BCUT2D eigenvalue weighted by molar-refractivity contribution is 5.69. The number of ether oxygens (including phenoxy) is 1. The second-order valence-corrected chi connectivity index (χ2v) is 5.74. The molecule has 0 aromatic heterocycles. The molecule has 0 unspecified atom stereocenters. The highest BCUT2D eigenvalue weighted by Gasteiger charge is 2.22. The van der Waals surface area contributed by atoms with Crippen molar-refractivity contribution >= 4 is 12.4 Å². The molecule has 0 aliphatic rings. The summed E-state index contributed by atoms with van der Waals surface area (Å²) < 4.78 is 5.20. The Kier molecular flexibility index (Phi) is 7.64. The second-order valence-electron chi connectivity index (χ2n) is 5.74. The number of carbonyl (C=O) groups is 2. The Morgan fingerprint density at radius 3 is 2.39 bits per heavy atom. The Bertz CT molecular complexity index is 258. The van der Waals surface area contributed by atoms with Crippen LogP contribution < -0.4 is 5.32 Å². The van der Waals surface area contributed by atoms with Crippen LogP contribution in [0, 0.1) is 5.92 Å². The number of carbonyl (C=O) groups excluding carboxylic acids is 2. The van der Waals surface area contributed by atoms with Crippen molar-refractivity contribution in [1.29, 1.82) is 0 Å². The van der Waals surface area contributed by atoms with E-state index in [9.17, 15) is 9.59 Å². The van der Waals surface area contributed by atoms with E-state index in [2.05, 4.69) is 12.2 Å². The zero-order valence-electron chi connectivity index (χ0n) is 12.3. The number of hydrogen-bond acceptors (Lipinski definition) is 3. The number of alkyl carbamates (subject to hydrolysis) is 1. The van der Waals surface area contributed by atoms with Crippen molar-refractivity contribution in [2.45, 2.75) is 71.9 Å². The van der Waals surface area contributed by atoms with Gasteiger partial charge in [-0.2, -0.15) is 0 Å². The molecule has 1 amide bonds. The molecule has 0 aliphatic carbocycles. The highest BCUT2D eigenvalue weighted by Crippen LogP contribution is 2.12.